The molecule has 27 heavy (non-hydrogen) atoms. The highest BCUT2D eigenvalue weighted by Gasteiger charge is 2.14. The molecule has 1 N–H and O–H groups in total. The monoisotopic (exact) mass is 363 g/mol. The number of nitrogens with zero attached hydrogens (tertiary/aromatic N) is 4. The Morgan fingerprint density at radius 2 is 2.00 bits per heavy atom. The molecular formula is C19H17N5O3. The number of rotatable bonds is 6. The third-order valence-electron chi connectivity index (χ3n) is 3.98. The van der Waals surface area contributed by atoms with Gasteiger partial charge in [-0.1, -0.05) is 18.2 Å². The van der Waals surface area contributed by atoms with Gasteiger partial charge in [-0.15, -0.1) is 5.10 Å². The molecule has 0 aliphatic heterocycles. The fourth-order valence-electron chi connectivity index (χ4n) is 2.71. The van der Waals surface area contributed by atoms with E-state index < -0.39 is 0 Å². The number of tetrazole rings is 1. The molecule has 136 valence electrons. The number of carbonyl (C=O) groups excluding carboxylic acids is 1. The van der Waals surface area contributed by atoms with Crippen molar-refractivity contribution in [2.45, 2.75) is 13.5 Å². The molecular weight excluding hydrogens is 346 g/mol. The molecule has 0 fully saturated rings. The predicted molar refractivity (Wildman–Crippen MR) is 97.7 cm³/mol. The Kier molecular flexibility index (Phi) is 4.52. The Morgan fingerprint density at radius 1 is 1.19 bits per heavy atom. The van der Waals surface area contributed by atoms with Crippen molar-refractivity contribution in [1.29, 1.82) is 0 Å². The van der Waals surface area contributed by atoms with Crippen LogP contribution in [0, 0.1) is 0 Å². The van der Waals surface area contributed by atoms with Crippen molar-refractivity contribution < 1.29 is 13.9 Å². The summed E-state index contributed by atoms with van der Waals surface area (Å²) in [4.78, 5) is 12.4. The van der Waals surface area contributed by atoms with Gasteiger partial charge in [0.1, 0.15) is 11.3 Å². The van der Waals surface area contributed by atoms with Gasteiger partial charge in [-0.2, -0.15) is 4.68 Å². The molecule has 0 saturated carbocycles. The van der Waals surface area contributed by atoms with Crippen LogP contribution in [0.4, 0.5) is 0 Å². The summed E-state index contributed by atoms with van der Waals surface area (Å²) in [5.74, 6) is 1.20. The van der Waals surface area contributed by atoms with Crippen LogP contribution in [0.3, 0.4) is 0 Å². The Balaban J connectivity index is 1.47. The first kappa shape index (κ1) is 16.8. The number of fused-ring (bicyclic) bond motifs is 1. The summed E-state index contributed by atoms with van der Waals surface area (Å²) in [6, 6.07) is 16.6. The summed E-state index contributed by atoms with van der Waals surface area (Å²) in [6.45, 7) is 2.69. The summed E-state index contributed by atoms with van der Waals surface area (Å²) < 4.78 is 12.6. The lowest BCUT2D eigenvalue weighted by atomic mass is 10.2. The molecule has 0 saturated heterocycles. The molecule has 8 heteroatoms. The van der Waals surface area contributed by atoms with Gasteiger partial charge in [0.25, 0.3) is 5.91 Å². The number of benzene rings is 2. The van der Waals surface area contributed by atoms with E-state index in [4.69, 9.17) is 9.15 Å². The van der Waals surface area contributed by atoms with Crippen LogP contribution in [-0.4, -0.2) is 32.7 Å². The van der Waals surface area contributed by atoms with Gasteiger partial charge < -0.3 is 14.5 Å². The van der Waals surface area contributed by atoms with Gasteiger partial charge in [0.15, 0.2) is 11.6 Å². The van der Waals surface area contributed by atoms with Gasteiger partial charge in [0, 0.05) is 5.39 Å². The fraction of sp³-hybridized carbons (Fsp3) is 0.158. The topological polar surface area (TPSA) is 95.1 Å². The summed E-state index contributed by atoms with van der Waals surface area (Å²) in [7, 11) is 0. The van der Waals surface area contributed by atoms with E-state index in [1.54, 1.807) is 10.7 Å². The lowest BCUT2D eigenvalue weighted by molar-refractivity contribution is 0.0924. The Hall–Kier alpha value is -3.68. The average molecular weight is 363 g/mol. The normalized spacial score (nSPS) is 10.9. The number of furan rings is 1. The van der Waals surface area contributed by atoms with Crippen LogP contribution < -0.4 is 10.1 Å². The fourth-order valence-corrected chi connectivity index (χ4v) is 2.71. The van der Waals surface area contributed by atoms with Gasteiger partial charge in [-0.25, -0.2) is 0 Å². The zero-order chi connectivity index (χ0) is 18.6. The van der Waals surface area contributed by atoms with E-state index in [1.807, 2.05) is 55.5 Å². The number of hydrogen-bond donors (Lipinski definition) is 1. The molecule has 2 aromatic heterocycles. The SMILES string of the molecule is CCOc1ccc(-n2nnnc2CNC(=O)c2cc3ccccc3o2)cc1. The maximum Gasteiger partial charge on any atom is 0.287 e. The van der Waals surface area contributed by atoms with Crippen molar-refractivity contribution in [3.05, 3.63) is 66.2 Å². The predicted octanol–water partition coefficient (Wildman–Crippen LogP) is 2.74. The first-order valence-electron chi connectivity index (χ1n) is 8.52. The van der Waals surface area contributed by atoms with Crippen LogP contribution >= 0.6 is 0 Å². The Labute approximate surface area is 154 Å². The molecule has 4 aromatic rings. The molecule has 2 heterocycles. The van der Waals surface area contributed by atoms with E-state index in [1.165, 1.54) is 0 Å². The lowest BCUT2D eigenvalue weighted by Crippen LogP contribution is -2.24. The molecule has 0 unspecified atom stereocenters. The van der Waals surface area contributed by atoms with Gasteiger partial charge >= 0.3 is 0 Å². The highest BCUT2D eigenvalue weighted by molar-refractivity contribution is 5.95. The molecule has 0 aliphatic rings. The minimum atomic E-state index is -0.326. The van der Waals surface area contributed by atoms with Crippen molar-refractivity contribution >= 4 is 16.9 Å². The summed E-state index contributed by atoms with van der Waals surface area (Å²) in [5, 5.41) is 15.3. The van der Waals surface area contributed by atoms with Gasteiger partial charge in [0.2, 0.25) is 0 Å². The van der Waals surface area contributed by atoms with Crippen LogP contribution in [0.15, 0.2) is 59.0 Å². The van der Waals surface area contributed by atoms with E-state index >= 15 is 0 Å². The van der Waals surface area contributed by atoms with E-state index in [-0.39, 0.29) is 18.2 Å². The third-order valence-corrected chi connectivity index (χ3v) is 3.98. The first-order valence-corrected chi connectivity index (χ1v) is 8.52. The highest BCUT2D eigenvalue weighted by Crippen LogP contribution is 2.19. The molecule has 0 bridgehead atoms. The molecule has 2 aromatic carbocycles. The molecule has 0 atom stereocenters. The molecule has 8 nitrogen and oxygen atoms in total. The summed E-state index contributed by atoms with van der Waals surface area (Å²) in [6.07, 6.45) is 0. The number of hydrogen-bond acceptors (Lipinski definition) is 6. The number of ether oxygens (including phenoxy) is 1. The second kappa shape index (κ2) is 7.28. The number of aromatic nitrogens is 4. The number of carbonyl (C=O) groups is 1. The maximum absolute atomic E-state index is 12.4. The van der Waals surface area contributed by atoms with Crippen LogP contribution in [0.2, 0.25) is 0 Å². The van der Waals surface area contributed by atoms with Gasteiger partial charge in [0.05, 0.1) is 18.8 Å². The van der Waals surface area contributed by atoms with Crippen molar-refractivity contribution in [2.24, 2.45) is 0 Å². The van der Waals surface area contributed by atoms with Crippen molar-refractivity contribution in [1.82, 2.24) is 25.5 Å². The number of para-hydroxylation sites is 1. The Bertz CT molecular complexity index is 1040. The molecule has 4 rings (SSSR count). The maximum atomic E-state index is 12.4. The van der Waals surface area contributed by atoms with E-state index in [0.29, 0.717) is 18.0 Å². The summed E-state index contributed by atoms with van der Waals surface area (Å²) >= 11 is 0. The first-order chi connectivity index (χ1) is 13.2. The number of nitrogens with one attached hydrogen (secondary N) is 1. The largest absolute Gasteiger partial charge is 0.494 e. The second-order valence-electron chi connectivity index (χ2n) is 5.76. The van der Waals surface area contributed by atoms with Crippen molar-refractivity contribution in [3.8, 4) is 11.4 Å². The number of amides is 1. The van der Waals surface area contributed by atoms with Crippen LogP contribution in [0.1, 0.15) is 23.3 Å². The second-order valence-corrected chi connectivity index (χ2v) is 5.76. The van der Waals surface area contributed by atoms with Gasteiger partial charge in [-0.05, 0) is 53.7 Å². The van der Waals surface area contributed by atoms with Crippen molar-refractivity contribution in [3.63, 3.8) is 0 Å². The molecule has 0 aliphatic carbocycles. The third kappa shape index (κ3) is 3.50. The minimum absolute atomic E-state index is 0.163. The smallest absolute Gasteiger partial charge is 0.287 e. The Morgan fingerprint density at radius 3 is 2.78 bits per heavy atom. The van der Waals surface area contributed by atoms with Crippen LogP contribution in [-0.2, 0) is 6.54 Å². The summed E-state index contributed by atoms with van der Waals surface area (Å²) in [5.41, 5.74) is 1.44. The van der Waals surface area contributed by atoms with E-state index in [9.17, 15) is 4.79 Å². The van der Waals surface area contributed by atoms with Crippen LogP contribution in [0.5, 0.6) is 5.75 Å². The van der Waals surface area contributed by atoms with E-state index in [0.717, 1.165) is 16.8 Å². The average Bonchev–Trinajstić information content (AvgIpc) is 3.34. The highest BCUT2D eigenvalue weighted by atomic mass is 16.5. The lowest BCUT2D eigenvalue weighted by Gasteiger charge is -2.07. The van der Waals surface area contributed by atoms with Crippen LogP contribution in [0.25, 0.3) is 16.7 Å². The molecule has 1 amide bonds. The minimum Gasteiger partial charge on any atom is -0.494 e. The van der Waals surface area contributed by atoms with Crippen molar-refractivity contribution in [2.75, 3.05) is 6.61 Å². The zero-order valence-corrected chi connectivity index (χ0v) is 14.6. The van der Waals surface area contributed by atoms with E-state index in [2.05, 4.69) is 20.8 Å². The standard InChI is InChI=1S/C19H17N5O3/c1-2-26-15-9-7-14(8-10-15)24-18(21-22-23-24)12-20-19(25)17-11-13-5-3-4-6-16(13)27-17/h3-11H,2,12H2,1H3,(H,20,25). The zero-order valence-electron chi connectivity index (χ0n) is 14.6. The van der Waals surface area contributed by atoms with Gasteiger partial charge in [-0.3, -0.25) is 4.79 Å². The molecule has 0 spiro atoms. The quantitative estimate of drug-likeness (QED) is 0.566. The molecule has 0 radical (unpaired) electrons.